The number of halogens is 6. The van der Waals surface area contributed by atoms with Crippen LogP contribution >= 0.6 is 93.5 Å². The van der Waals surface area contributed by atoms with E-state index in [1.165, 1.54) is 12.4 Å². The van der Waals surface area contributed by atoms with Crippen LogP contribution in [0.15, 0.2) is 179 Å². The molecule has 0 aliphatic carbocycles. The minimum Gasteiger partial charge on any atom is -0.355 e. The number of nitrogens with one attached hydrogen (secondary N) is 10. The monoisotopic (exact) mass is 1690 g/mol. The fourth-order valence-electron chi connectivity index (χ4n) is 9.24. The second-order valence-corrected chi connectivity index (χ2v) is 28.6. The van der Waals surface area contributed by atoms with Gasteiger partial charge in [0.05, 0.1) is 105 Å². The molecule has 0 unspecified atom stereocenters. The van der Waals surface area contributed by atoms with Crippen LogP contribution in [0.3, 0.4) is 0 Å². The lowest BCUT2D eigenvalue weighted by molar-refractivity contribution is 0.0956. The fraction of sp³-hybridized carbons (Fsp3) is 0.200. The van der Waals surface area contributed by atoms with Gasteiger partial charge in [-0.3, -0.25) is 28.3 Å². The van der Waals surface area contributed by atoms with Crippen molar-refractivity contribution >= 4 is 186 Å². The molecule has 10 aromatic rings. The Bertz CT molecular complexity index is 4430. The summed E-state index contributed by atoms with van der Waals surface area (Å²) in [5.41, 5.74) is 7.49. The van der Waals surface area contributed by atoms with Crippen molar-refractivity contribution in [2.75, 3.05) is 86.5 Å². The summed E-state index contributed by atoms with van der Waals surface area (Å²) in [6.45, 7) is 8.41. The van der Waals surface area contributed by atoms with Crippen molar-refractivity contribution in [1.82, 2.24) is 61.1 Å². The van der Waals surface area contributed by atoms with Crippen LogP contribution in [0, 0.1) is 0 Å². The van der Waals surface area contributed by atoms with Crippen LogP contribution in [0.5, 0.6) is 0 Å². The normalized spacial score (nSPS) is 10.8. The molecule has 0 bridgehead atoms. The number of carbonyl (C=O) groups excluding carboxylic acids is 4. The number of nitrogens with zero attached hydrogens (tertiary/aromatic N) is 8. The maximum Gasteiger partial charge on any atom is 0.335 e. The Kier molecular flexibility index (Phi) is 33.4. The largest absolute Gasteiger partial charge is 0.355 e. The summed E-state index contributed by atoms with van der Waals surface area (Å²) in [4.78, 5) is 80.9. The Labute approximate surface area is 649 Å². The summed E-state index contributed by atoms with van der Waals surface area (Å²) < 4.78 is 48.2. The van der Waals surface area contributed by atoms with E-state index in [2.05, 4.69) is 125 Å². The third-order valence-corrected chi connectivity index (χ3v) is 20.2. The van der Waals surface area contributed by atoms with Gasteiger partial charge in [-0.15, -0.1) is 0 Å². The first-order chi connectivity index (χ1) is 51.0. The van der Waals surface area contributed by atoms with Crippen molar-refractivity contribution in [2.45, 2.75) is 40.0 Å². The summed E-state index contributed by atoms with van der Waals surface area (Å²) in [5.74, 6) is 1.54. The Morgan fingerprint density at radius 3 is 0.991 bits per heavy atom. The van der Waals surface area contributed by atoms with Crippen molar-refractivity contribution in [3.63, 3.8) is 0 Å². The second kappa shape index (κ2) is 42.2. The van der Waals surface area contributed by atoms with Crippen LogP contribution in [0.1, 0.15) is 80.3 Å². The Morgan fingerprint density at radius 1 is 0.368 bits per heavy atom. The highest BCUT2D eigenvalue weighted by Gasteiger charge is 2.26. The molecule has 106 heavy (non-hydrogen) atoms. The molecule has 36 heteroatoms. The molecule has 0 radical (unpaired) electrons. The summed E-state index contributed by atoms with van der Waals surface area (Å²) in [6.07, 6.45) is 6.40. The molecule has 4 heterocycles. The first-order valence-corrected chi connectivity index (χ1v) is 38.7. The predicted octanol–water partition coefficient (Wildman–Crippen LogP) is 17.5. The van der Waals surface area contributed by atoms with E-state index in [1.54, 1.807) is 153 Å². The van der Waals surface area contributed by atoms with Gasteiger partial charge >= 0.3 is 15.2 Å². The third-order valence-electron chi connectivity index (χ3n) is 14.0. The summed E-state index contributed by atoms with van der Waals surface area (Å²) in [5, 5.41) is 29.8. The van der Waals surface area contributed by atoms with Crippen LogP contribution in [0.25, 0.3) is 0 Å². The van der Waals surface area contributed by atoms with E-state index in [4.69, 9.17) is 64.5 Å². The first kappa shape index (κ1) is 84.0. The topological polar surface area (TPSA) is 363 Å². The molecule has 28 nitrogen and oxygen atoms in total. The fourth-order valence-corrected chi connectivity index (χ4v) is 13.8. The van der Waals surface area contributed by atoms with Crippen molar-refractivity contribution in [1.29, 1.82) is 0 Å². The zero-order chi connectivity index (χ0) is 76.8. The molecule has 0 saturated carbocycles. The minimum absolute atomic E-state index is 0.0734. The number of amides is 4. The van der Waals surface area contributed by atoms with Gasteiger partial charge in [0.15, 0.2) is 11.6 Å². The minimum atomic E-state index is -3.18. The van der Waals surface area contributed by atoms with Crippen molar-refractivity contribution in [3.8, 4) is 0 Å². The lowest BCUT2D eigenvalue weighted by atomic mass is 10.1. The van der Waals surface area contributed by atoms with Gasteiger partial charge in [-0.05, 0) is 167 Å². The maximum atomic E-state index is 12.7. The zero-order valence-electron chi connectivity index (χ0n) is 58.2. The molecule has 0 fully saturated rings. The number of anilines is 12. The van der Waals surface area contributed by atoms with Gasteiger partial charge in [-0.25, -0.2) is 19.9 Å². The highest BCUT2D eigenvalue weighted by Crippen LogP contribution is 2.52. The third kappa shape index (κ3) is 25.5. The molecule has 0 aliphatic rings. The number of hydrogen-bond donors (Lipinski definition) is 10. The molecule has 6 aromatic carbocycles. The van der Waals surface area contributed by atoms with E-state index < -0.39 is 15.2 Å². The predicted molar refractivity (Wildman–Crippen MR) is 425 cm³/mol. The molecule has 10 N–H and O–H groups in total. The van der Waals surface area contributed by atoms with Gasteiger partial charge in [0.2, 0.25) is 22.5 Å². The average Bonchev–Trinajstić information content (AvgIpc) is 0.837. The molecule has 10 rings (SSSR count). The van der Waals surface area contributed by atoms with E-state index in [1.807, 2.05) is 60.7 Å². The van der Waals surface area contributed by atoms with Gasteiger partial charge in [0.25, 0.3) is 23.6 Å². The number of carbonyl (C=O) groups is 4. The van der Waals surface area contributed by atoms with Crippen molar-refractivity contribution in [3.05, 3.63) is 233 Å². The summed E-state index contributed by atoms with van der Waals surface area (Å²) >= 11 is 30.5. The van der Waals surface area contributed by atoms with E-state index in [0.717, 1.165) is 22.5 Å². The van der Waals surface area contributed by atoms with E-state index in [-0.39, 0.29) is 46.5 Å². The van der Waals surface area contributed by atoms with Crippen LogP contribution in [0.4, 0.5) is 69.3 Å². The summed E-state index contributed by atoms with van der Waals surface area (Å²) in [7, 11) is -0.0558. The summed E-state index contributed by atoms with van der Waals surface area (Å²) in [6, 6.07) is 43.0. The second-order valence-electron chi connectivity index (χ2n) is 21.3. The Hall–Kier alpha value is -9.26. The standard InChI is InChI=1S/C23H27BrN5O4P.C23H27ClN5O4P.C12H10BrClN4O.C12H10Cl2N4O/c2*1-4-32-34(31,33-5-2)15-16-10-12-17(13-11-16)27-23-26-14-19(24)21(29-23)28-20-9-7-6-8-18(20)22(30)25-3;2*1-15-11(19)7-4-2-3-5-9(7)17-10-8(13)6-16-12(14)18-10/h2*6-14H,4-5,15H2,1-3H3,(H,25,30)(H2,26,27,28,29);2*2-6H,1H3,(H,15,19)(H,16,17,18). The zero-order valence-corrected chi connectivity index (χ0v) is 66.2. The lowest BCUT2D eigenvalue weighted by Crippen LogP contribution is -2.19. The van der Waals surface area contributed by atoms with Gasteiger partial charge < -0.3 is 71.3 Å². The van der Waals surface area contributed by atoms with Gasteiger partial charge in [-0.1, -0.05) is 96.0 Å². The van der Waals surface area contributed by atoms with Gasteiger partial charge in [0, 0.05) is 52.0 Å². The van der Waals surface area contributed by atoms with E-state index in [9.17, 15) is 28.3 Å². The average molecular weight is 1690 g/mol. The van der Waals surface area contributed by atoms with Crippen molar-refractivity contribution < 1.29 is 46.4 Å². The molecule has 0 spiro atoms. The molecule has 0 saturated heterocycles. The smallest absolute Gasteiger partial charge is 0.335 e. The number of benzene rings is 6. The number of hydrogen-bond acceptors (Lipinski definition) is 24. The number of para-hydroxylation sites is 4. The van der Waals surface area contributed by atoms with E-state index >= 15 is 0 Å². The van der Waals surface area contributed by atoms with Gasteiger partial charge in [-0.2, -0.15) is 19.9 Å². The lowest BCUT2D eigenvalue weighted by Gasteiger charge is -2.17. The molecule has 0 aliphatic heterocycles. The molecule has 556 valence electrons. The highest BCUT2D eigenvalue weighted by atomic mass is 79.9. The molecule has 4 amide bonds. The highest BCUT2D eigenvalue weighted by molar-refractivity contribution is 9.11. The van der Waals surface area contributed by atoms with Crippen LogP contribution in [0.2, 0.25) is 20.6 Å². The first-order valence-electron chi connectivity index (χ1n) is 32.2. The molecular formula is C70H74Br2Cl4N18O10P2. The van der Waals surface area contributed by atoms with Crippen LogP contribution in [-0.4, -0.2) is 118 Å². The Morgan fingerprint density at radius 2 is 0.642 bits per heavy atom. The van der Waals surface area contributed by atoms with Crippen molar-refractivity contribution in [2.24, 2.45) is 0 Å². The molecule has 4 aromatic heterocycles. The molecular weight excluding hydrogens is 1620 g/mol. The van der Waals surface area contributed by atoms with E-state index in [0.29, 0.717) is 126 Å². The Balaban J connectivity index is 0.000000204. The number of aromatic nitrogens is 8. The molecule has 0 atom stereocenters. The van der Waals surface area contributed by atoms with Crippen LogP contribution < -0.4 is 53.2 Å². The SMILES string of the molecule is CCOP(=O)(Cc1ccc(Nc2ncc(Br)c(Nc3ccccc3C(=O)NC)n2)cc1)OCC.CCOP(=O)(Cc1ccc(Nc2ncc(Cl)c(Nc3ccccc3C(=O)NC)n2)cc1)OCC.CNC(=O)c1ccccc1Nc1nc(Cl)ncc1Br.CNC(=O)c1ccccc1Nc1nc(Cl)ncc1Cl. The van der Waals surface area contributed by atoms with Crippen LogP contribution in [-0.2, 0) is 39.5 Å². The quantitative estimate of drug-likeness (QED) is 0.0161. The van der Waals surface area contributed by atoms with Gasteiger partial charge in [0.1, 0.15) is 21.7 Å². The number of rotatable bonds is 28. The maximum absolute atomic E-state index is 12.7.